The third kappa shape index (κ3) is 4.27. The molecule has 5 rings (SSSR count). The fourth-order valence-corrected chi connectivity index (χ4v) is 4.71. The Morgan fingerprint density at radius 1 is 1.06 bits per heavy atom. The van der Waals surface area contributed by atoms with Gasteiger partial charge in [0.2, 0.25) is 0 Å². The number of fused-ring (bicyclic) bond motifs is 1. The van der Waals surface area contributed by atoms with Crippen molar-refractivity contribution in [3.63, 3.8) is 0 Å². The number of aromatic nitrogens is 2. The normalized spacial score (nSPS) is 18.8. The second-order valence-electron chi connectivity index (χ2n) is 8.31. The standard InChI is InChI=1S/C25H28N4O2/c30-25(24-23(27-17-28-24)18-6-2-1-3-7-18)29-12-11-26-16-21(29)10-13-31-22-14-19-8-4-5-9-20(19)15-22/h1-9,17,21-22,26H,10-16H2,(H,27,28)/t21-/m1/s1. The highest BCUT2D eigenvalue weighted by atomic mass is 16.5. The summed E-state index contributed by atoms with van der Waals surface area (Å²) in [5.74, 6) is 0.0103. The summed E-state index contributed by atoms with van der Waals surface area (Å²) in [6.45, 7) is 2.93. The molecule has 0 spiro atoms. The first-order valence-electron chi connectivity index (χ1n) is 11.1. The molecule has 1 aromatic heterocycles. The molecule has 0 unspecified atom stereocenters. The summed E-state index contributed by atoms with van der Waals surface area (Å²) in [7, 11) is 0. The number of piperazine rings is 1. The lowest BCUT2D eigenvalue weighted by molar-refractivity contribution is 0.0341. The van der Waals surface area contributed by atoms with E-state index < -0.39 is 0 Å². The number of carbonyl (C=O) groups is 1. The zero-order valence-corrected chi connectivity index (χ0v) is 17.6. The van der Waals surface area contributed by atoms with Gasteiger partial charge in [-0.1, -0.05) is 54.6 Å². The number of hydrogen-bond donors (Lipinski definition) is 2. The van der Waals surface area contributed by atoms with Gasteiger partial charge in [-0.15, -0.1) is 0 Å². The van der Waals surface area contributed by atoms with Crippen molar-refractivity contribution in [2.75, 3.05) is 26.2 Å². The molecule has 160 valence electrons. The van der Waals surface area contributed by atoms with Gasteiger partial charge in [-0.2, -0.15) is 0 Å². The predicted molar refractivity (Wildman–Crippen MR) is 120 cm³/mol. The van der Waals surface area contributed by atoms with Gasteiger partial charge >= 0.3 is 0 Å². The maximum absolute atomic E-state index is 13.4. The van der Waals surface area contributed by atoms with Crippen molar-refractivity contribution in [1.82, 2.24) is 20.2 Å². The summed E-state index contributed by atoms with van der Waals surface area (Å²) in [5, 5.41) is 3.43. The molecule has 1 fully saturated rings. The molecule has 0 saturated carbocycles. The molecule has 1 atom stereocenters. The van der Waals surface area contributed by atoms with Crippen LogP contribution in [0.1, 0.15) is 28.0 Å². The van der Waals surface area contributed by atoms with E-state index in [9.17, 15) is 4.79 Å². The van der Waals surface area contributed by atoms with Gasteiger partial charge in [-0.05, 0) is 30.4 Å². The van der Waals surface area contributed by atoms with E-state index in [1.54, 1.807) is 6.33 Å². The van der Waals surface area contributed by atoms with E-state index in [-0.39, 0.29) is 18.1 Å². The highest BCUT2D eigenvalue weighted by molar-refractivity contribution is 5.98. The fourth-order valence-electron chi connectivity index (χ4n) is 4.71. The van der Waals surface area contributed by atoms with Crippen LogP contribution in [0.4, 0.5) is 0 Å². The summed E-state index contributed by atoms with van der Waals surface area (Å²) in [5.41, 5.74) is 5.02. The van der Waals surface area contributed by atoms with E-state index >= 15 is 0 Å². The minimum absolute atomic E-state index is 0.0103. The molecule has 2 N–H and O–H groups in total. The van der Waals surface area contributed by atoms with Crippen molar-refractivity contribution < 1.29 is 9.53 Å². The van der Waals surface area contributed by atoms with Gasteiger partial charge in [0, 0.05) is 37.8 Å². The van der Waals surface area contributed by atoms with Crippen LogP contribution in [0.2, 0.25) is 0 Å². The molecule has 3 aromatic rings. The van der Waals surface area contributed by atoms with Crippen LogP contribution in [-0.4, -0.2) is 59.2 Å². The van der Waals surface area contributed by atoms with Gasteiger partial charge in [-0.25, -0.2) is 4.98 Å². The summed E-state index contributed by atoms with van der Waals surface area (Å²) < 4.78 is 6.21. The Morgan fingerprint density at radius 3 is 2.58 bits per heavy atom. The highest BCUT2D eigenvalue weighted by Gasteiger charge is 2.30. The summed E-state index contributed by atoms with van der Waals surface area (Å²) in [6.07, 6.45) is 4.64. The molecule has 1 amide bonds. The van der Waals surface area contributed by atoms with E-state index in [1.165, 1.54) is 11.1 Å². The van der Waals surface area contributed by atoms with Crippen LogP contribution in [-0.2, 0) is 17.6 Å². The molecule has 0 bridgehead atoms. The highest BCUT2D eigenvalue weighted by Crippen LogP contribution is 2.25. The molecule has 0 radical (unpaired) electrons. The summed E-state index contributed by atoms with van der Waals surface area (Å²) >= 11 is 0. The maximum Gasteiger partial charge on any atom is 0.272 e. The van der Waals surface area contributed by atoms with Crippen LogP contribution in [0.15, 0.2) is 60.9 Å². The van der Waals surface area contributed by atoms with Crippen molar-refractivity contribution >= 4 is 5.91 Å². The second kappa shape index (κ2) is 9.04. The van der Waals surface area contributed by atoms with E-state index in [0.717, 1.165) is 37.9 Å². The molecule has 1 aliphatic carbocycles. The Balaban J connectivity index is 1.22. The van der Waals surface area contributed by atoms with Gasteiger partial charge in [0.25, 0.3) is 5.91 Å². The monoisotopic (exact) mass is 416 g/mol. The molecule has 31 heavy (non-hydrogen) atoms. The van der Waals surface area contributed by atoms with Crippen molar-refractivity contribution in [2.24, 2.45) is 0 Å². The zero-order chi connectivity index (χ0) is 21.0. The Bertz CT molecular complexity index is 1010. The van der Waals surface area contributed by atoms with Crippen molar-refractivity contribution in [3.05, 3.63) is 77.7 Å². The van der Waals surface area contributed by atoms with E-state index in [2.05, 4.69) is 39.6 Å². The van der Waals surface area contributed by atoms with Crippen LogP contribution < -0.4 is 5.32 Å². The molecule has 1 saturated heterocycles. The lowest BCUT2D eigenvalue weighted by Gasteiger charge is -2.36. The molecule has 2 heterocycles. The quantitative estimate of drug-likeness (QED) is 0.648. The Morgan fingerprint density at radius 2 is 1.81 bits per heavy atom. The average Bonchev–Trinajstić information content (AvgIpc) is 3.46. The molecule has 2 aromatic carbocycles. The first kappa shape index (κ1) is 20.0. The number of benzene rings is 2. The zero-order valence-electron chi connectivity index (χ0n) is 17.6. The first-order chi connectivity index (χ1) is 15.3. The molecular formula is C25H28N4O2. The number of hydrogen-bond acceptors (Lipinski definition) is 4. The largest absolute Gasteiger partial charge is 0.377 e. The number of amides is 1. The molecular weight excluding hydrogens is 388 g/mol. The van der Waals surface area contributed by atoms with Gasteiger partial charge in [0.05, 0.1) is 12.4 Å². The Hall–Kier alpha value is -2.96. The number of rotatable bonds is 6. The first-order valence-corrected chi connectivity index (χ1v) is 11.1. The van der Waals surface area contributed by atoms with E-state index in [1.807, 2.05) is 35.2 Å². The van der Waals surface area contributed by atoms with Crippen LogP contribution in [0, 0.1) is 0 Å². The number of nitrogens with one attached hydrogen (secondary N) is 2. The third-order valence-corrected chi connectivity index (χ3v) is 6.33. The number of aromatic amines is 1. The summed E-state index contributed by atoms with van der Waals surface area (Å²) in [4.78, 5) is 22.9. The van der Waals surface area contributed by atoms with E-state index in [0.29, 0.717) is 24.5 Å². The van der Waals surface area contributed by atoms with E-state index in [4.69, 9.17) is 4.74 Å². The van der Waals surface area contributed by atoms with Crippen molar-refractivity contribution in [2.45, 2.75) is 31.4 Å². The van der Waals surface area contributed by atoms with Crippen LogP contribution in [0.5, 0.6) is 0 Å². The lowest BCUT2D eigenvalue weighted by atomic mass is 10.1. The van der Waals surface area contributed by atoms with Gasteiger partial charge in [0.1, 0.15) is 11.4 Å². The minimum atomic E-state index is 0.0103. The van der Waals surface area contributed by atoms with Crippen molar-refractivity contribution in [1.29, 1.82) is 0 Å². The molecule has 2 aliphatic rings. The van der Waals surface area contributed by atoms with Gasteiger partial charge in [-0.3, -0.25) is 4.79 Å². The lowest BCUT2D eigenvalue weighted by Crippen LogP contribution is -2.54. The predicted octanol–water partition coefficient (Wildman–Crippen LogP) is 3.06. The third-order valence-electron chi connectivity index (χ3n) is 6.33. The topological polar surface area (TPSA) is 70.2 Å². The van der Waals surface area contributed by atoms with Gasteiger partial charge < -0.3 is 19.9 Å². The number of carbonyl (C=O) groups excluding carboxylic acids is 1. The second-order valence-corrected chi connectivity index (χ2v) is 8.31. The average molecular weight is 417 g/mol. The number of imidazole rings is 1. The molecule has 1 aliphatic heterocycles. The molecule has 6 heteroatoms. The molecule has 6 nitrogen and oxygen atoms in total. The number of H-pyrrole nitrogens is 1. The Kier molecular flexibility index (Phi) is 5.82. The smallest absolute Gasteiger partial charge is 0.272 e. The van der Waals surface area contributed by atoms with Crippen LogP contribution in [0.3, 0.4) is 0 Å². The fraction of sp³-hybridized carbons (Fsp3) is 0.360. The van der Waals surface area contributed by atoms with Crippen molar-refractivity contribution in [3.8, 4) is 11.3 Å². The SMILES string of the molecule is O=C(c1[nH]cnc1-c1ccccc1)N1CCNC[C@H]1CCOC1Cc2ccccc2C1. The number of ether oxygens (including phenoxy) is 1. The maximum atomic E-state index is 13.4. The minimum Gasteiger partial charge on any atom is -0.377 e. The summed E-state index contributed by atoms with van der Waals surface area (Å²) in [6, 6.07) is 18.5. The van der Waals surface area contributed by atoms with Crippen LogP contribution in [0.25, 0.3) is 11.3 Å². The Labute approximate surface area is 182 Å². The number of nitrogens with zero attached hydrogens (tertiary/aromatic N) is 2. The van der Waals surface area contributed by atoms with Crippen LogP contribution >= 0.6 is 0 Å². The van der Waals surface area contributed by atoms with Gasteiger partial charge in [0.15, 0.2) is 0 Å².